The molecule has 5 nitrogen and oxygen atoms in total. The molecule has 0 fully saturated rings. The molecule has 2 aromatic rings. The highest BCUT2D eigenvalue weighted by atomic mass is 35.5. The van der Waals surface area contributed by atoms with E-state index in [2.05, 4.69) is 34.5 Å². The van der Waals surface area contributed by atoms with Crippen LogP contribution >= 0.6 is 23.8 Å². The van der Waals surface area contributed by atoms with E-state index < -0.39 is 0 Å². The largest absolute Gasteiger partial charge is 0.362 e. The lowest BCUT2D eigenvalue weighted by molar-refractivity contribution is 0.300. The Hall–Kier alpha value is -1.70. The molecule has 0 aliphatic carbocycles. The van der Waals surface area contributed by atoms with E-state index in [0.29, 0.717) is 21.5 Å². The number of halogens is 2. The second-order valence-electron chi connectivity index (χ2n) is 5.86. The van der Waals surface area contributed by atoms with Crippen LogP contribution in [0.5, 0.6) is 0 Å². The molecule has 1 aromatic heterocycles. The summed E-state index contributed by atoms with van der Waals surface area (Å²) in [5.74, 6) is 0.270. The van der Waals surface area contributed by atoms with E-state index in [1.807, 2.05) is 0 Å². The number of aromatic nitrogens is 2. The number of thiocarbonyl (C=S) groups is 1. The van der Waals surface area contributed by atoms with Crippen LogP contribution in [0.2, 0.25) is 5.02 Å². The van der Waals surface area contributed by atoms with Crippen molar-refractivity contribution in [3.05, 3.63) is 46.9 Å². The first kappa shape index (κ1) is 20.6. The summed E-state index contributed by atoms with van der Waals surface area (Å²) in [6.07, 6.45) is 2.78. The molecule has 0 atom stereocenters. The maximum atomic E-state index is 13.9. The second-order valence-corrected chi connectivity index (χ2v) is 6.68. The van der Waals surface area contributed by atoms with Gasteiger partial charge in [0.2, 0.25) is 0 Å². The van der Waals surface area contributed by atoms with E-state index in [1.165, 1.54) is 6.07 Å². The number of anilines is 1. The van der Waals surface area contributed by atoms with Gasteiger partial charge in [-0.25, -0.2) is 4.39 Å². The van der Waals surface area contributed by atoms with Crippen molar-refractivity contribution >= 4 is 34.7 Å². The van der Waals surface area contributed by atoms with Gasteiger partial charge < -0.3 is 15.5 Å². The molecule has 26 heavy (non-hydrogen) atoms. The molecule has 0 aliphatic heterocycles. The minimum absolute atomic E-state index is 0.261. The Morgan fingerprint density at radius 3 is 2.77 bits per heavy atom. The van der Waals surface area contributed by atoms with Crippen molar-refractivity contribution in [2.75, 3.05) is 31.5 Å². The molecule has 2 N–H and O–H groups in total. The van der Waals surface area contributed by atoms with Crippen LogP contribution in [0.3, 0.4) is 0 Å². The van der Waals surface area contributed by atoms with Gasteiger partial charge in [0.1, 0.15) is 5.82 Å². The fraction of sp³-hybridized carbons (Fsp3) is 0.444. The van der Waals surface area contributed by atoms with Crippen LogP contribution in [0.25, 0.3) is 0 Å². The molecule has 0 spiro atoms. The number of hydrogen-bond donors (Lipinski definition) is 2. The molecule has 2 rings (SSSR count). The van der Waals surface area contributed by atoms with Crippen LogP contribution in [0.1, 0.15) is 25.8 Å². The lowest BCUT2D eigenvalue weighted by atomic mass is 10.2. The van der Waals surface area contributed by atoms with E-state index in [0.717, 1.165) is 32.6 Å². The van der Waals surface area contributed by atoms with Crippen molar-refractivity contribution in [3.63, 3.8) is 0 Å². The highest BCUT2D eigenvalue weighted by Crippen LogP contribution is 2.20. The molecule has 1 aromatic carbocycles. The number of hydrogen-bond acceptors (Lipinski definition) is 3. The molecule has 8 heteroatoms. The predicted molar refractivity (Wildman–Crippen MR) is 109 cm³/mol. The van der Waals surface area contributed by atoms with Gasteiger partial charge >= 0.3 is 0 Å². The number of nitrogens with zero attached hydrogens (tertiary/aromatic N) is 3. The molecule has 0 saturated carbocycles. The first-order valence-electron chi connectivity index (χ1n) is 8.77. The summed E-state index contributed by atoms with van der Waals surface area (Å²) in [5.41, 5.74) is 0.418. The first-order chi connectivity index (χ1) is 12.5. The highest BCUT2D eigenvalue weighted by Gasteiger charge is 2.09. The molecule has 0 amide bonds. The molecule has 0 bridgehead atoms. The fourth-order valence-electron chi connectivity index (χ4n) is 2.57. The standard InChI is InChI=1S/C18H25ClFN5S/c1-3-24(4-2)11-6-10-21-18(26)22-17-9-12-25(23-17)13-14-15(19)7-5-8-16(14)20/h5,7-9,12H,3-4,6,10-11,13H2,1-2H3,(H2,21,22,23,26). The average molecular weight is 398 g/mol. The van der Waals surface area contributed by atoms with Gasteiger partial charge in [0.15, 0.2) is 10.9 Å². The van der Waals surface area contributed by atoms with Gasteiger partial charge in [-0.05, 0) is 50.4 Å². The number of benzene rings is 1. The normalized spacial score (nSPS) is 11.0. The van der Waals surface area contributed by atoms with Gasteiger partial charge in [0.05, 0.1) is 6.54 Å². The Labute approximate surface area is 164 Å². The van der Waals surface area contributed by atoms with Crippen molar-refractivity contribution in [1.82, 2.24) is 20.0 Å². The monoisotopic (exact) mass is 397 g/mol. The Morgan fingerprint density at radius 1 is 1.31 bits per heavy atom. The average Bonchev–Trinajstić information content (AvgIpc) is 3.05. The molecule has 0 saturated heterocycles. The fourth-order valence-corrected chi connectivity index (χ4v) is 3.00. The van der Waals surface area contributed by atoms with Crippen LogP contribution in [0, 0.1) is 5.82 Å². The third-order valence-electron chi connectivity index (χ3n) is 4.10. The molecule has 142 valence electrons. The molecular weight excluding hydrogens is 373 g/mol. The van der Waals surface area contributed by atoms with Crippen molar-refractivity contribution in [3.8, 4) is 0 Å². The van der Waals surface area contributed by atoms with E-state index in [4.69, 9.17) is 23.8 Å². The zero-order valence-electron chi connectivity index (χ0n) is 15.1. The van der Waals surface area contributed by atoms with Crippen molar-refractivity contribution in [2.24, 2.45) is 0 Å². The summed E-state index contributed by atoms with van der Waals surface area (Å²) < 4.78 is 15.5. The third kappa shape index (κ3) is 6.23. The molecule has 0 aliphatic rings. The maximum Gasteiger partial charge on any atom is 0.171 e. The summed E-state index contributed by atoms with van der Waals surface area (Å²) in [6, 6.07) is 6.43. The van der Waals surface area contributed by atoms with E-state index in [1.54, 1.807) is 29.1 Å². The maximum absolute atomic E-state index is 13.9. The SMILES string of the molecule is CCN(CC)CCCNC(=S)Nc1ccn(Cc2c(F)cccc2Cl)n1. The Kier molecular flexibility index (Phi) is 8.28. The molecule has 0 unspecified atom stereocenters. The van der Waals surface area contributed by atoms with Gasteiger partial charge in [-0.1, -0.05) is 31.5 Å². The van der Waals surface area contributed by atoms with Crippen LogP contribution in [-0.4, -0.2) is 46.0 Å². The zero-order valence-corrected chi connectivity index (χ0v) is 16.7. The summed E-state index contributed by atoms with van der Waals surface area (Å²) in [6.45, 7) is 8.54. The molecule has 1 heterocycles. The van der Waals surface area contributed by atoms with E-state index in [-0.39, 0.29) is 12.4 Å². The highest BCUT2D eigenvalue weighted by molar-refractivity contribution is 7.80. The smallest absolute Gasteiger partial charge is 0.171 e. The summed E-state index contributed by atoms with van der Waals surface area (Å²) >= 11 is 11.3. The third-order valence-corrected chi connectivity index (χ3v) is 4.70. The number of rotatable bonds is 9. The van der Waals surface area contributed by atoms with Crippen LogP contribution in [0.15, 0.2) is 30.5 Å². The van der Waals surface area contributed by atoms with E-state index >= 15 is 0 Å². The predicted octanol–water partition coefficient (Wildman–Crippen LogP) is 3.74. The zero-order chi connectivity index (χ0) is 18.9. The van der Waals surface area contributed by atoms with Crippen LogP contribution in [0.4, 0.5) is 10.2 Å². The summed E-state index contributed by atoms with van der Waals surface area (Å²) in [7, 11) is 0. The van der Waals surface area contributed by atoms with Gasteiger partial charge in [-0.15, -0.1) is 0 Å². The minimum atomic E-state index is -0.340. The van der Waals surface area contributed by atoms with Gasteiger partial charge in [-0.2, -0.15) is 5.10 Å². The Bertz CT molecular complexity index is 697. The van der Waals surface area contributed by atoms with Gasteiger partial charge in [-0.3, -0.25) is 4.68 Å². The molecular formula is C18H25ClFN5S. The van der Waals surface area contributed by atoms with Crippen molar-refractivity contribution in [2.45, 2.75) is 26.8 Å². The summed E-state index contributed by atoms with van der Waals surface area (Å²) in [5, 5.41) is 11.5. The first-order valence-corrected chi connectivity index (χ1v) is 9.55. The van der Waals surface area contributed by atoms with Gasteiger partial charge in [0.25, 0.3) is 0 Å². The van der Waals surface area contributed by atoms with Crippen molar-refractivity contribution in [1.29, 1.82) is 0 Å². The summed E-state index contributed by atoms with van der Waals surface area (Å²) in [4.78, 5) is 2.37. The lowest BCUT2D eigenvalue weighted by Crippen LogP contribution is -2.32. The minimum Gasteiger partial charge on any atom is -0.362 e. The topological polar surface area (TPSA) is 45.1 Å². The van der Waals surface area contributed by atoms with Crippen LogP contribution < -0.4 is 10.6 Å². The Morgan fingerprint density at radius 2 is 2.08 bits per heavy atom. The quantitative estimate of drug-likeness (QED) is 0.498. The molecule has 0 radical (unpaired) electrons. The van der Waals surface area contributed by atoms with Crippen LogP contribution in [-0.2, 0) is 6.54 Å². The number of nitrogens with one attached hydrogen (secondary N) is 2. The Balaban J connectivity index is 1.80. The van der Waals surface area contributed by atoms with Crippen molar-refractivity contribution < 1.29 is 4.39 Å². The van der Waals surface area contributed by atoms with E-state index in [9.17, 15) is 4.39 Å². The lowest BCUT2D eigenvalue weighted by Gasteiger charge is -2.18. The van der Waals surface area contributed by atoms with Gasteiger partial charge in [0, 0.05) is 29.4 Å². The second kappa shape index (κ2) is 10.4.